The van der Waals surface area contributed by atoms with Crippen molar-refractivity contribution >= 4 is 5.91 Å². The van der Waals surface area contributed by atoms with Gasteiger partial charge >= 0.3 is 0 Å². The number of amides is 1. The standard InChI is InChI=1S/C9H17NO2.C3H8/c1-7-3-5-8(6-4-7)9(11)10-12-2;1-3-2/h7-8H,3-6H2,1-2H3,(H,10,11);3H2,1-2H3. The van der Waals surface area contributed by atoms with Crippen LogP contribution < -0.4 is 5.48 Å². The molecule has 0 atom stereocenters. The van der Waals surface area contributed by atoms with E-state index < -0.39 is 0 Å². The topological polar surface area (TPSA) is 38.3 Å². The summed E-state index contributed by atoms with van der Waals surface area (Å²) >= 11 is 0. The van der Waals surface area contributed by atoms with Crippen molar-refractivity contribution in [1.82, 2.24) is 5.48 Å². The van der Waals surface area contributed by atoms with Crippen LogP contribution in [-0.4, -0.2) is 13.0 Å². The minimum atomic E-state index is 0.0457. The summed E-state index contributed by atoms with van der Waals surface area (Å²) in [5.41, 5.74) is 2.39. The largest absolute Gasteiger partial charge is 0.277 e. The third kappa shape index (κ3) is 6.50. The predicted molar refractivity (Wildman–Crippen MR) is 62.2 cm³/mol. The molecule has 0 spiro atoms. The van der Waals surface area contributed by atoms with E-state index in [1.165, 1.54) is 26.4 Å². The summed E-state index contributed by atoms with van der Waals surface area (Å²) in [4.78, 5) is 15.9. The minimum Gasteiger partial charge on any atom is -0.277 e. The second-order valence-corrected chi connectivity index (χ2v) is 4.33. The smallest absolute Gasteiger partial charge is 0.246 e. The van der Waals surface area contributed by atoms with Gasteiger partial charge in [0.2, 0.25) is 5.91 Å². The quantitative estimate of drug-likeness (QED) is 0.719. The van der Waals surface area contributed by atoms with E-state index in [0.29, 0.717) is 0 Å². The molecule has 0 aromatic heterocycles. The molecule has 0 aliphatic heterocycles. The van der Waals surface area contributed by atoms with Crippen LogP contribution in [0.3, 0.4) is 0 Å². The van der Waals surface area contributed by atoms with E-state index in [1.807, 2.05) is 0 Å². The first-order valence-electron chi connectivity index (χ1n) is 5.98. The number of hydrogen-bond donors (Lipinski definition) is 1. The van der Waals surface area contributed by atoms with Crippen LogP contribution in [-0.2, 0) is 9.63 Å². The highest BCUT2D eigenvalue weighted by atomic mass is 16.6. The number of carbonyl (C=O) groups is 1. The average molecular weight is 215 g/mol. The zero-order chi connectivity index (χ0) is 11.7. The van der Waals surface area contributed by atoms with E-state index in [4.69, 9.17) is 0 Å². The third-order valence-electron chi connectivity index (χ3n) is 2.59. The molecule has 3 heteroatoms. The first-order chi connectivity index (χ1) is 7.15. The first kappa shape index (κ1) is 14.4. The Bertz CT molecular complexity index is 163. The number of carbonyl (C=O) groups excluding carboxylic acids is 1. The van der Waals surface area contributed by atoms with Crippen molar-refractivity contribution in [3.05, 3.63) is 0 Å². The molecule has 1 aliphatic carbocycles. The molecule has 1 aliphatic rings. The normalized spacial score (nSPS) is 25.1. The molecule has 0 radical (unpaired) electrons. The van der Waals surface area contributed by atoms with Gasteiger partial charge in [-0.2, -0.15) is 0 Å². The van der Waals surface area contributed by atoms with Gasteiger partial charge in [0.25, 0.3) is 0 Å². The van der Waals surface area contributed by atoms with E-state index in [9.17, 15) is 4.79 Å². The summed E-state index contributed by atoms with van der Waals surface area (Å²) < 4.78 is 0. The maximum atomic E-state index is 11.3. The summed E-state index contributed by atoms with van der Waals surface area (Å²) in [6.07, 6.45) is 5.61. The molecule has 0 bridgehead atoms. The van der Waals surface area contributed by atoms with Crippen LogP contribution in [0.2, 0.25) is 0 Å². The Labute approximate surface area is 93.5 Å². The summed E-state index contributed by atoms with van der Waals surface area (Å²) in [6.45, 7) is 6.49. The molecule has 0 heterocycles. The molecule has 1 N–H and O–H groups in total. The van der Waals surface area contributed by atoms with E-state index >= 15 is 0 Å². The number of nitrogens with one attached hydrogen (secondary N) is 1. The molecule has 90 valence electrons. The lowest BCUT2D eigenvalue weighted by atomic mass is 9.83. The molecule has 1 saturated carbocycles. The number of rotatable bonds is 2. The van der Waals surface area contributed by atoms with Gasteiger partial charge in [-0.05, 0) is 31.6 Å². The first-order valence-corrected chi connectivity index (χ1v) is 5.98. The fourth-order valence-electron chi connectivity index (χ4n) is 1.71. The summed E-state index contributed by atoms with van der Waals surface area (Å²) in [6, 6.07) is 0. The maximum absolute atomic E-state index is 11.3. The molecule has 1 rings (SSSR count). The Morgan fingerprint density at radius 3 is 2.13 bits per heavy atom. The summed E-state index contributed by atoms with van der Waals surface area (Å²) in [5.74, 6) is 1.02. The van der Waals surface area contributed by atoms with E-state index in [2.05, 4.69) is 31.1 Å². The van der Waals surface area contributed by atoms with Gasteiger partial charge in [-0.1, -0.05) is 27.2 Å². The number of hydroxylamine groups is 1. The summed E-state index contributed by atoms with van der Waals surface area (Å²) in [5, 5.41) is 0. The van der Waals surface area contributed by atoms with Crippen LogP contribution >= 0.6 is 0 Å². The van der Waals surface area contributed by atoms with Crippen LogP contribution in [0.4, 0.5) is 0 Å². The highest BCUT2D eigenvalue weighted by Crippen LogP contribution is 2.28. The Hall–Kier alpha value is -0.570. The van der Waals surface area contributed by atoms with Crippen LogP contribution in [0.1, 0.15) is 52.9 Å². The fraction of sp³-hybridized carbons (Fsp3) is 0.917. The highest BCUT2D eigenvalue weighted by molar-refractivity contribution is 5.77. The van der Waals surface area contributed by atoms with Crippen molar-refractivity contribution in [2.75, 3.05) is 7.11 Å². The molecule has 0 aromatic carbocycles. The van der Waals surface area contributed by atoms with Crippen molar-refractivity contribution < 1.29 is 9.63 Å². The van der Waals surface area contributed by atoms with Gasteiger partial charge in [0, 0.05) is 5.92 Å². The summed E-state index contributed by atoms with van der Waals surface area (Å²) in [7, 11) is 1.48. The van der Waals surface area contributed by atoms with Gasteiger partial charge in [0.1, 0.15) is 0 Å². The molecule has 1 fully saturated rings. The van der Waals surface area contributed by atoms with Gasteiger partial charge in [0.05, 0.1) is 7.11 Å². The second-order valence-electron chi connectivity index (χ2n) is 4.33. The molecule has 3 nitrogen and oxygen atoms in total. The van der Waals surface area contributed by atoms with Crippen molar-refractivity contribution in [2.24, 2.45) is 11.8 Å². The van der Waals surface area contributed by atoms with E-state index in [1.54, 1.807) is 0 Å². The Morgan fingerprint density at radius 2 is 1.73 bits per heavy atom. The second kappa shape index (κ2) is 8.72. The van der Waals surface area contributed by atoms with Crippen LogP contribution in [0.5, 0.6) is 0 Å². The number of hydrogen-bond acceptors (Lipinski definition) is 2. The fourth-order valence-corrected chi connectivity index (χ4v) is 1.71. The molecule has 15 heavy (non-hydrogen) atoms. The maximum Gasteiger partial charge on any atom is 0.246 e. The molecule has 1 amide bonds. The van der Waals surface area contributed by atoms with Gasteiger partial charge in [0.15, 0.2) is 0 Å². The van der Waals surface area contributed by atoms with Crippen LogP contribution in [0, 0.1) is 11.8 Å². The lowest BCUT2D eigenvalue weighted by Crippen LogP contribution is -2.32. The van der Waals surface area contributed by atoms with Gasteiger partial charge in [-0.25, -0.2) is 5.48 Å². The lowest BCUT2D eigenvalue weighted by Gasteiger charge is -2.24. The Kier molecular flexibility index (Phi) is 8.38. The van der Waals surface area contributed by atoms with Crippen LogP contribution in [0.15, 0.2) is 0 Å². The van der Waals surface area contributed by atoms with Crippen LogP contribution in [0.25, 0.3) is 0 Å². The van der Waals surface area contributed by atoms with E-state index in [-0.39, 0.29) is 11.8 Å². The molecule has 0 aromatic rings. The molecule has 0 unspecified atom stereocenters. The van der Waals surface area contributed by atoms with Gasteiger partial charge < -0.3 is 0 Å². The SMILES string of the molecule is CCC.CONC(=O)C1CCC(C)CC1. The monoisotopic (exact) mass is 215 g/mol. The van der Waals surface area contributed by atoms with E-state index in [0.717, 1.165) is 18.8 Å². The van der Waals surface area contributed by atoms with Crippen molar-refractivity contribution in [3.63, 3.8) is 0 Å². The van der Waals surface area contributed by atoms with Gasteiger partial charge in [-0.3, -0.25) is 9.63 Å². The third-order valence-corrected chi connectivity index (χ3v) is 2.59. The molecule has 0 saturated heterocycles. The zero-order valence-corrected chi connectivity index (χ0v) is 10.5. The van der Waals surface area contributed by atoms with Gasteiger partial charge in [-0.15, -0.1) is 0 Å². The van der Waals surface area contributed by atoms with Crippen molar-refractivity contribution in [2.45, 2.75) is 52.9 Å². The molecular formula is C12H25NO2. The average Bonchev–Trinajstić information content (AvgIpc) is 2.20. The zero-order valence-electron chi connectivity index (χ0n) is 10.5. The Balaban J connectivity index is 0.000000583. The molecular weight excluding hydrogens is 190 g/mol. The Morgan fingerprint density at radius 1 is 1.27 bits per heavy atom. The minimum absolute atomic E-state index is 0.0457. The van der Waals surface area contributed by atoms with Crippen molar-refractivity contribution in [3.8, 4) is 0 Å². The van der Waals surface area contributed by atoms with Crippen molar-refractivity contribution in [1.29, 1.82) is 0 Å². The predicted octanol–water partition coefficient (Wildman–Crippen LogP) is 2.91. The highest BCUT2D eigenvalue weighted by Gasteiger charge is 2.23. The lowest BCUT2D eigenvalue weighted by molar-refractivity contribution is -0.136.